The van der Waals surface area contributed by atoms with Gasteiger partial charge in [-0.15, -0.1) is 0 Å². The second-order valence-electron chi connectivity index (χ2n) is 6.15. The number of thiocarbonyl (C=S) groups is 1. The van der Waals surface area contributed by atoms with Crippen LogP contribution in [0.5, 0.6) is 11.5 Å². The van der Waals surface area contributed by atoms with E-state index in [1.165, 1.54) is 5.56 Å². The third-order valence-electron chi connectivity index (χ3n) is 4.29. The highest BCUT2D eigenvalue weighted by atomic mass is 32.1. The van der Waals surface area contributed by atoms with Crippen LogP contribution in [-0.4, -0.2) is 23.3 Å². The summed E-state index contributed by atoms with van der Waals surface area (Å²) in [5.41, 5.74) is 3.24. The van der Waals surface area contributed by atoms with Crippen LogP contribution in [0.4, 0.5) is 0 Å². The molecule has 4 nitrogen and oxygen atoms in total. The van der Waals surface area contributed by atoms with Gasteiger partial charge in [0.1, 0.15) is 16.5 Å². The quantitative estimate of drug-likeness (QED) is 0.782. The van der Waals surface area contributed by atoms with Gasteiger partial charge in [0.05, 0.1) is 12.5 Å². The Morgan fingerprint density at radius 2 is 2.08 bits per heavy atom. The summed E-state index contributed by atoms with van der Waals surface area (Å²) in [5, 5.41) is 0. The lowest BCUT2D eigenvalue weighted by Crippen LogP contribution is -2.36. The van der Waals surface area contributed by atoms with Crippen molar-refractivity contribution in [3.05, 3.63) is 59.2 Å². The molecule has 126 valence electrons. The lowest BCUT2D eigenvalue weighted by atomic mass is 9.93. The first-order valence-electron chi connectivity index (χ1n) is 8.36. The predicted octanol–water partition coefficient (Wildman–Crippen LogP) is 4.13. The van der Waals surface area contributed by atoms with Crippen molar-refractivity contribution in [1.29, 1.82) is 0 Å². The molecule has 0 saturated heterocycles. The lowest BCUT2D eigenvalue weighted by Gasteiger charge is -2.28. The molecule has 2 heterocycles. The molecule has 0 aromatic heterocycles. The first-order valence-corrected chi connectivity index (χ1v) is 8.76. The molecule has 0 radical (unpaired) electrons. The average molecular weight is 350 g/mol. The van der Waals surface area contributed by atoms with Gasteiger partial charge in [-0.3, -0.25) is 0 Å². The fourth-order valence-electron chi connectivity index (χ4n) is 3.08. The summed E-state index contributed by atoms with van der Waals surface area (Å²) in [5.74, 6) is 2.79. The Balaban J connectivity index is 1.69. The molecular weight excluding hydrogens is 332 g/mol. The second kappa shape index (κ2) is 6.41. The smallest absolute Gasteiger partial charge is 0.207 e. The average Bonchev–Trinajstić information content (AvgIpc) is 2.61. The van der Waals surface area contributed by atoms with E-state index in [1.807, 2.05) is 43.3 Å². The van der Waals surface area contributed by atoms with Crippen molar-refractivity contribution < 1.29 is 9.47 Å². The summed E-state index contributed by atoms with van der Waals surface area (Å²) in [4.78, 5) is 9.83. The van der Waals surface area contributed by atoms with Gasteiger partial charge in [-0.25, -0.2) is 4.99 Å². The Kier molecular flexibility index (Phi) is 4.09. The number of fused-ring (bicyclic) bond motifs is 2. The van der Waals surface area contributed by atoms with Gasteiger partial charge in [-0.2, -0.15) is 4.99 Å². The van der Waals surface area contributed by atoms with E-state index in [1.54, 1.807) is 0 Å². The van der Waals surface area contributed by atoms with Crippen LogP contribution < -0.4 is 9.47 Å². The van der Waals surface area contributed by atoms with Crippen LogP contribution in [0.25, 0.3) is 0 Å². The van der Waals surface area contributed by atoms with Crippen molar-refractivity contribution in [3.8, 4) is 11.5 Å². The molecule has 1 unspecified atom stereocenters. The number of benzene rings is 2. The summed E-state index contributed by atoms with van der Waals surface area (Å²) in [7, 11) is 0. The van der Waals surface area contributed by atoms with Gasteiger partial charge < -0.3 is 9.47 Å². The van der Waals surface area contributed by atoms with Crippen LogP contribution in [0.15, 0.2) is 52.4 Å². The molecule has 0 amide bonds. The van der Waals surface area contributed by atoms with Crippen LogP contribution in [-0.2, 0) is 6.42 Å². The molecule has 5 heteroatoms. The molecule has 2 aliphatic heterocycles. The van der Waals surface area contributed by atoms with E-state index in [0.29, 0.717) is 23.3 Å². The Bertz CT molecular complexity index is 918. The van der Waals surface area contributed by atoms with Crippen molar-refractivity contribution in [2.24, 2.45) is 15.9 Å². The van der Waals surface area contributed by atoms with Crippen molar-refractivity contribution in [1.82, 2.24) is 0 Å². The second-order valence-corrected chi connectivity index (χ2v) is 6.57. The molecule has 0 fully saturated rings. The van der Waals surface area contributed by atoms with Gasteiger partial charge in [0.2, 0.25) is 5.90 Å². The molecule has 2 aliphatic rings. The Morgan fingerprint density at radius 3 is 2.92 bits per heavy atom. The van der Waals surface area contributed by atoms with Crippen LogP contribution in [0, 0.1) is 12.8 Å². The summed E-state index contributed by atoms with van der Waals surface area (Å²) >= 11 is 5.55. The van der Waals surface area contributed by atoms with Crippen molar-refractivity contribution >= 4 is 28.9 Å². The van der Waals surface area contributed by atoms with E-state index in [9.17, 15) is 0 Å². The minimum atomic E-state index is -0.0666. The van der Waals surface area contributed by atoms with Crippen molar-refractivity contribution in [2.45, 2.75) is 20.3 Å². The maximum atomic E-state index is 6.04. The summed E-state index contributed by atoms with van der Waals surface area (Å²) in [6, 6.07) is 13.9. The molecule has 0 saturated carbocycles. The largest absolute Gasteiger partial charge is 0.494 e. The standard InChI is InChI=1S/C20H18N2O2S/c1-3-23-15-6-4-5-13(10-15)18-21-19-16(20(25)22-18)11-14-9-12(2)7-8-17(14)24-19/h4-10,16H,3,11H2,1-2H3. The maximum Gasteiger partial charge on any atom is 0.207 e. The van der Waals surface area contributed by atoms with E-state index < -0.39 is 0 Å². The molecule has 2 aromatic carbocycles. The van der Waals surface area contributed by atoms with E-state index in [4.69, 9.17) is 21.7 Å². The van der Waals surface area contributed by atoms with Gasteiger partial charge >= 0.3 is 0 Å². The van der Waals surface area contributed by atoms with Gasteiger partial charge in [0, 0.05) is 5.56 Å². The molecule has 25 heavy (non-hydrogen) atoms. The maximum absolute atomic E-state index is 6.04. The summed E-state index contributed by atoms with van der Waals surface area (Å²) in [6.07, 6.45) is 0.782. The van der Waals surface area contributed by atoms with Gasteiger partial charge in [-0.1, -0.05) is 42.0 Å². The third kappa shape index (κ3) is 3.07. The van der Waals surface area contributed by atoms with Crippen LogP contribution in [0.1, 0.15) is 23.6 Å². The first-order chi connectivity index (χ1) is 12.1. The third-order valence-corrected chi connectivity index (χ3v) is 4.66. The molecule has 2 aromatic rings. The SMILES string of the molecule is CCOc1cccc(C2=NC(=S)C3Cc4cc(C)ccc4OC3=N2)c1. The highest BCUT2D eigenvalue weighted by Crippen LogP contribution is 2.32. The van der Waals surface area contributed by atoms with E-state index in [0.717, 1.165) is 29.0 Å². The molecular formula is C20H18N2O2S. The van der Waals surface area contributed by atoms with Crippen molar-refractivity contribution in [2.75, 3.05) is 6.61 Å². The number of hydrogen-bond acceptors (Lipinski definition) is 4. The molecule has 0 N–H and O–H groups in total. The molecule has 0 bridgehead atoms. The van der Waals surface area contributed by atoms with Crippen molar-refractivity contribution in [3.63, 3.8) is 0 Å². The molecule has 4 rings (SSSR count). The number of hydrogen-bond donors (Lipinski definition) is 0. The fourth-order valence-corrected chi connectivity index (χ4v) is 3.36. The molecule has 0 aliphatic carbocycles. The Morgan fingerprint density at radius 1 is 1.20 bits per heavy atom. The van der Waals surface area contributed by atoms with Crippen LogP contribution in [0.2, 0.25) is 0 Å². The lowest BCUT2D eigenvalue weighted by molar-refractivity contribution is 0.340. The predicted molar refractivity (Wildman–Crippen MR) is 103 cm³/mol. The van der Waals surface area contributed by atoms with E-state index in [-0.39, 0.29) is 5.92 Å². The minimum Gasteiger partial charge on any atom is -0.494 e. The zero-order chi connectivity index (χ0) is 17.4. The first kappa shape index (κ1) is 16.0. The Labute approximate surface area is 152 Å². The van der Waals surface area contributed by atoms with E-state index in [2.05, 4.69) is 23.0 Å². The summed E-state index contributed by atoms with van der Waals surface area (Å²) < 4.78 is 11.6. The van der Waals surface area contributed by atoms with Gasteiger partial charge in [0.15, 0.2) is 5.84 Å². The normalized spacial score (nSPS) is 18.5. The van der Waals surface area contributed by atoms with Crippen LogP contribution >= 0.6 is 12.2 Å². The van der Waals surface area contributed by atoms with E-state index >= 15 is 0 Å². The number of aliphatic imine (C=N–C) groups is 2. The Hall–Kier alpha value is -2.53. The fraction of sp³-hybridized carbons (Fsp3) is 0.250. The minimum absolute atomic E-state index is 0.0666. The number of amidine groups is 1. The highest BCUT2D eigenvalue weighted by molar-refractivity contribution is 7.80. The number of ether oxygens (including phenoxy) is 2. The summed E-state index contributed by atoms with van der Waals surface area (Å²) in [6.45, 7) is 4.65. The van der Waals surface area contributed by atoms with Crippen LogP contribution in [0.3, 0.4) is 0 Å². The monoisotopic (exact) mass is 350 g/mol. The highest BCUT2D eigenvalue weighted by Gasteiger charge is 2.33. The number of nitrogens with zero attached hydrogens (tertiary/aromatic N) is 2. The number of rotatable bonds is 3. The molecule has 1 atom stereocenters. The topological polar surface area (TPSA) is 43.2 Å². The number of aryl methyl sites for hydroxylation is 1. The zero-order valence-electron chi connectivity index (χ0n) is 14.2. The molecule has 0 spiro atoms. The van der Waals surface area contributed by atoms with Gasteiger partial charge in [0.25, 0.3) is 0 Å². The zero-order valence-corrected chi connectivity index (χ0v) is 15.0. The van der Waals surface area contributed by atoms with Gasteiger partial charge in [-0.05, 0) is 44.0 Å².